The van der Waals surface area contributed by atoms with Crippen LogP contribution in [0.2, 0.25) is 0 Å². The number of hydrogen-bond donors (Lipinski definition) is 3. The first-order chi connectivity index (χ1) is 8.88. The summed E-state index contributed by atoms with van der Waals surface area (Å²) in [7, 11) is -3.81. The third-order valence-electron chi connectivity index (χ3n) is 2.88. The fourth-order valence-electron chi connectivity index (χ4n) is 1.69. The third kappa shape index (κ3) is 3.68. The van der Waals surface area contributed by atoms with Gasteiger partial charge >= 0.3 is 0 Å². The smallest absolute Gasteiger partial charge is 0.242 e. The summed E-state index contributed by atoms with van der Waals surface area (Å²) in [6.45, 7) is 1.68. The summed E-state index contributed by atoms with van der Waals surface area (Å²) in [6, 6.07) is 6.00. The van der Waals surface area contributed by atoms with E-state index in [2.05, 4.69) is 10.6 Å². The number of anilines is 1. The van der Waals surface area contributed by atoms with Gasteiger partial charge in [-0.2, -0.15) is 0 Å². The Morgan fingerprint density at radius 3 is 2.58 bits per heavy atom. The average Bonchev–Trinajstić information content (AvgIpc) is 3.12. The minimum atomic E-state index is -3.81. The van der Waals surface area contributed by atoms with Crippen LogP contribution in [-0.2, 0) is 14.8 Å². The fraction of sp³-hybridized carbons (Fsp3) is 0.417. The number of hydrogen-bond acceptors (Lipinski definition) is 4. The van der Waals surface area contributed by atoms with E-state index in [0.717, 1.165) is 12.8 Å². The molecule has 0 aliphatic heterocycles. The SMILES string of the molecule is CC(Nc1ccccc1S(N)(=O)=O)C(=O)NC1CC1. The van der Waals surface area contributed by atoms with Crippen molar-refractivity contribution in [2.75, 3.05) is 5.32 Å². The Balaban J connectivity index is 2.12. The second-order valence-electron chi connectivity index (χ2n) is 4.69. The Labute approximate surface area is 112 Å². The number of carbonyl (C=O) groups excluding carboxylic acids is 1. The molecule has 1 unspecified atom stereocenters. The number of sulfonamides is 1. The van der Waals surface area contributed by atoms with Gasteiger partial charge in [-0.3, -0.25) is 4.79 Å². The number of amides is 1. The van der Waals surface area contributed by atoms with Crippen LogP contribution in [0.3, 0.4) is 0 Å². The standard InChI is InChI=1S/C12H17N3O3S/c1-8(12(16)15-9-6-7-9)14-10-4-2-3-5-11(10)19(13,17)18/h2-5,8-9,14H,6-7H2,1H3,(H,15,16)(H2,13,17,18). The van der Waals surface area contributed by atoms with Crippen LogP contribution in [0.15, 0.2) is 29.2 Å². The zero-order valence-corrected chi connectivity index (χ0v) is 11.4. The van der Waals surface area contributed by atoms with Crippen molar-refractivity contribution in [2.24, 2.45) is 5.14 Å². The van der Waals surface area contributed by atoms with E-state index in [4.69, 9.17) is 5.14 Å². The molecule has 6 nitrogen and oxygen atoms in total. The van der Waals surface area contributed by atoms with Crippen molar-refractivity contribution in [3.63, 3.8) is 0 Å². The van der Waals surface area contributed by atoms with E-state index >= 15 is 0 Å². The number of para-hydroxylation sites is 1. The quantitative estimate of drug-likeness (QED) is 0.728. The molecule has 1 saturated carbocycles. The van der Waals surface area contributed by atoms with Gasteiger partial charge in [0.1, 0.15) is 10.9 Å². The van der Waals surface area contributed by atoms with Gasteiger partial charge in [-0.1, -0.05) is 12.1 Å². The first kappa shape index (κ1) is 13.8. The average molecular weight is 283 g/mol. The Bertz CT molecular complexity index is 582. The normalized spacial score (nSPS) is 16.7. The topological polar surface area (TPSA) is 101 Å². The van der Waals surface area contributed by atoms with Crippen molar-refractivity contribution < 1.29 is 13.2 Å². The minimum Gasteiger partial charge on any atom is -0.373 e. The van der Waals surface area contributed by atoms with Crippen LogP contribution in [-0.4, -0.2) is 26.4 Å². The Morgan fingerprint density at radius 2 is 2.00 bits per heavy atom. The van der Waals surface area contributed by atoms with Gasteiger partial charge in [0, 0.05) is 6.04 Å². The van der Waals surface area contributed by atoms with Crippen LogP contribution in [0, 0.1) is 0 Å². The van der Waals surface area contributed by atoms with Crippen molar-refractivity contribution in [3.05, 3.63) is 24.3 Å². The van der Waals surface area contributed by atoms with Gasteiger partial charge in [-0.05, 0) is 31.9 Å². The summed E-state index contributed by atoms with van der Waals surface area (Å²) in [5.41, 5.74) is 0.337. The number of nitrogens with two attached hydrogens (primary N) is 1. The van der Waals surface area contributed by atoms with Crippen LogP contribution >= 0.6 is 0 Å². The van der Waals surface area contributed by atoms with E-state index in [1.165, 1.54) is 6.07 Å². The first-order valence-corrected chi connectivity index (χ1v) is 7.61. The van der Waals surface area contributed by atoms with E-state index in [9.17, 15) is 13.2 Å². The van der Waals surface area contributed by atoms with Gasteiger partial charge in [-0.25, -0.2) is 13.6 Å². The van der Waals surface area contributed by atoms with Gasteiger partial charge in [-0.15, -0.1) is 0 Å². The molecule has 0 bridgehead atoms. The Kier molecular flexibility index (Phi) is 3.77. The van der Waals surface area contributed by atoms with Crippen molar-refractivity contribution in [1.29, 1.82) is 0 Å². The lowest BCUT2D eigenvalue weighted by Crippen LogP contribution is -2.39. The zero-order chi connectivity index (χ0) is 14.0. The molecule has 1 aromatic carbocycles. The maximum absolute atomic E-state index is 11.8. The van der Waals surface area contributed by atoms with Crippen LogP contribution in [0.1, 0.15) is 19.8 Å². The molecule has 2 rings (SSSR count). The van der Waals surface area contributed by atoms with E-state index < -0.39 is 16.1 Å². The lowest BCUT2D eigenvalue weighted by Gasteiger charge is -2.17. The summed E-state index contributed by atoms with van der Waals surface area (Å²) in [6.07, 6.45) is 2.01. The fourth-order valence-corrected chi connectivity index (χ4v) is 2.39. The van der Waals surface area contributed by atoms with Crippen molar-refractivity contribution in [2.45, 2.75) is 36.7 Å². The van der Waals surface area contributed by atoms with E-state index in [1.807, 2.05) is 0 Å². The highest BCUT2D eigenvalue weighted by Crippen LogP contribution is 2.21. The highest BCUT2D eigenvalue weighted by Gasteiger charge is 2.26. The Hall–Kier alpha value is -1.60. The van der Waals surface area contributed by atoms with E-state index in [1.54, 1.807) is 25.1 Å². The Morgan fingerprint density at radius 1 is 1.37 bits per heavy atom. The molecule has 1 aliphatic carbocycles. The summed E-state index contributed by atoms with van der Waals surface area (Å²) < 4.78 is 22.9. The van der Waals surface area contributed by atoms with Gasteiger partial charge in [0.05, 0.1) is 5.69 Å². The molecule has 0 heterocycles. The number of primary sulfonamides is 1. The first-order valence-electron chi connectivity index (χ1n) is 6.06. The lowest BCUT2D eigenvalue weighted by molar-refractivity contribution is -0.121. The molecule has 0 aromatic heterocycles. The van der Waals surface area contributed by atoms with Crippen LogP contribution in [0.5, 0.6) is 0 Å². The van der Waals surface area contributed by atoms with Gasteiger partial charge in [0.25, 0.3) is 0 Å². The number of rotatable bonds is 5. The molecule has 104 valence electrons. The lowest BCUT2D eigenvalue weighted by atomic mass is 10.2. The van der Waals surface area contributed by atoms with Gasteiger partial charge in [0.15, 0.2) is 0 Å². The van der Waals surface area contributed by atoms with Crippen LogP contribution in [0.25, 0.3) is 0 Å². The second kappa shape index (κ2) is 5.18. The maximum Gasteiger partial charge on any atom is 0.242 e. The third-order valence-corrected chi connectivity index (χ3v) is 3.85. The molecule has 0 spiro atoms. The summed E-state index contributed by atoms with van der Waals surface area (Å²) in [5.74, 6) is -0.147. The van der Waals surface area contributed by atoms with Crippen LogP contribution < -0.4 is 15.8 Å². The molecule has 1 aliphatic rings. The van der Waals surface area contributed by atoms with Crippen LogP contribution in [0.4, 0.5) is 5.69 Å². The highest BCUT2D eigenvalue weighted by atomic mass is 32.2. The molecule has 1 amide bonds. The summed E-state index contributed by atoms with van der Waals surface area (Å²) >= 11 is 0. The van der Waals surface area contributed by atoms with Crippen molar-refractivity contribution in [1.82, 2.24) is 5.32 Å². The molecular formula is C12H17N3O3S. The molecule has 1 atom stereocenters. The number of nitrogens with one attached hydrogen (secondary N) is 2. The minimum absolute atomic E-state index is 0.0129. The van der Waals surface area contributed by atoms with Gasteiger partial charge in [0.2, 0.25) is 15.9 Å². The molecule has 4 N–H and O–H groups in total. The molecule has 7 heteroatoms. The summed E-state index contributed by atoms with van der Waals surface area (Å²) in [5, 5.41) is 10.9. The maximum atomic E-state index is 11.8. The van der Waals surface area contributed by atoms with Crippen molar-refractivity contribution in [3.8, 4) is 0 Å². The van der Waals surface area contributed by atoms with E-state index in [-0.39, 0.29) is 16.8 Å². The highest BCUT2D eigenvalue weighted by molar-refractivity contribution is 7.89. The van der Waals surface area contributed by atoms with E-state index in [0.29, 0.717) is 5.69 Å². The molecule has 1 fully saturated rings. The summed E-state index contributed by atoms with van der Waals surface area (Å²) in [4.78, 5) is 11.8. The molecule has 0 radical (unpaired) electrons. The molecular weight excluding hydrogens is 266 g/mol. The number of carbonyl (C=O) groups is 1. The largest absolute Gasteiger partial charge is 0.373 e. The van der Waals surface area contributed by atoms with Crippen molar-refractivity contribution >= 4 is 21.6 Å². The molecule has 19 heavy (non-hydrogen) atoms. The molecule has 0 saturated heterocycles. The second-order valence-corrected chi connectivity index (χ2v) is 6.22. The molecule has 1 aromatic rings. The predicted molar refractivity (Wildman–Crippen MR) is 72.1 cm³/mol. The van der Waals surface area contributed by atoms with Gasteiger partial charge < -0.3 is 10.6 Å². The zero-order valence-electron chi connectivity index (χ0n) is 10.6. The monoisotopic (exact) mass is 283 g/mol. The number of benzene rings is 1. The predicted octanol–water partition coefficient (Wildman–Crippen LogP) is 0.413.